The van der Waals surface area contributed by atoms with Crippen molar-refractivity contribution >= 4 is 11.7 Å². The highest BCUT2D eigenvalue weighted by Crippen LogP contribution is 2.37. The van der Waals surface area contributed by atoms with E-state index in [0.29, 0.717) is 5.92 Å². The zero-order chi connectivity index (χ0) is 13.2. The predicted octanol–water partition coefficient (Wildman–Crippen LogP) is 1.60. The van der Waals surface area contributed by atoms with Crippen LogP contribution in [0.4, 0.5) is 0 Å². The van der Waals surface area contributed by atoms with Gasteiger partial charge in [-0.05, 0) is 31.6 Å². The van der Waals surface area contributed by atoms with E-state index < -0.39 is 0 Å². The van der Waals surface area contributed by atoms with Crippen molar-refractivity contribution in [3.63, 3.8) is 0 Å². The van der Waals surface area contributed by atoms with Gasteiger partial charge in [-0.3, -0.25) is 4.79 Å². The zero-order valence-corrected chi connectivity index (χ0v) is 11.0. The second-order valence-electron chi connectivity index (χ2n) is 5.93. The number of amides is 1. The average Bonchev–Trinajstić information content (AvgIpc) is 3.20. The van der Waals surface area contributed by atoms with Crippen LogP contribution in [0.5, 0.6) is 0 Å². The fraction of sp³-hybridized carbons (Fsp3) is 0.846. The average molecular weight is 253 g/mol. The van der Waals surface area contributed by atoms with Crippen LogP contribution in [0.2, 0.25) is 0 Å². The van der Waals surface area contributed by atoms with Crippen molar-refractivity contribution in [1.82, 2.24) is 5.32 Å². The minimum atomic E-state index is -0.291. The summed E-state index contributed by atoms with van der Waals surface area (Å²) in [5.74, 6) is 0.535. The molecule has 5 heteroatoms. The third-order valence-corrected chi connectivity index (χ3v) is 4.32. The molecule has 2 saturated carbocycles. The molecule has 0 aromatic heterocycles. The highest BCUT2D eigenvalue weighted by Gasteiger charge is 2.40. The number of carbonyl (C=O) groups excluding carboxylic acids is 1. The fourth-order valence-corrected chi connectivity index (χ4v) is 2.80. The molecular formula is C13H23N3O2. The van der Waals surface area contributed by atoms with Crippen LogP contribution in [0.3, 0.4) is 0 Å². The zero-order valence-electron chi connectivity index (χ0n) is 11.0. The Kier molecular flexibility index (Phi) is 3.78. The minimum absolute atomic E-state index is 0.0608. The van der Waals surface area contributed by atoms with Gasteiger partial charge in [-0.15, -0.1) is 0 Å². The Labute approximate surface area is 108 Å². The molecule has 1 unspecified atom stereocenters. The first-order valence-corrected chi connectivity index (χ1v) is 6.85. The predicted molar refractivity (Wildman–Crippen MR) is 69.3 cm³/mol. The van der Waals surface area contributed by atoms with Gasteiger partial charge in [0.25, 0.3) is 0 Å². The van der Waals surface area contributed by atoms with Gasteiger partial charge in [0.15, 0.2) is 5.84 Å². The summed E-state index contributed by atoms with van der Waals surface area (Å²) in [4.78, 5) is 12.4. The fourth-order valence-electron chi connectivity index (χ4n) is 2.80. The van der Waals surface area contributed by atoms with E-state index in [-0.39, 0.29) is 23.2 Å². The molecule has 0 aromatic rings. The molecule has 0 radical (unpaired) electrons. The molecule has 1 atom stereocenters. The minimum Gasteiger partial charge on any atom is -0.409 e. The lowest BCUT2D eigenvalue weighted by atomic mass is 9.75. The second kappa shape index (κ2) is 5.16. The lowest BCUT2D eigenvalue weighted by molar-refractivity contribution is -0.132. The molecule has 0 aliphatic heterocycles. The number of nitrogens with two attached hydrogens (primary N) is 1. The van der Waals surface area contributed by atoms with Crippen LogP contribution < -0.4 is 11.1 Å². The largest absolute Gasteiger partial charge is 0.409 e. The Hall–Kier alpha value is -1.26. The quantitative estimate of drug-likeness (QED) is 0.308. The Bertz CT molecular complexity index is 344. The topological polar surface area (TPSA) is 87.7 Å². The van der Waals surface area contributed by atoms with E-state index in [1.54, 1.807) is 0 Å². The van der Waals surface area contributed by atoms with E-state index in [1.165, 1.54) is 6.42 Å². The van der Waals surface area contributed by atoms with Crippen LogP contribution in [0.25, 0.3) is 0 Å². The number of rotatable bonds is 4. The summed E-state index contributed by atoms with van der Waals surface area (Å²) in [6, 6.07) is -0.291. The van der Waals surface area contributed by atoms with Gasteiger partial charge in [0.2, 0.25) is 5.91 Å². The number of hydrogen-bond donors (Lipinski definition) is 3. The highest BCUT2D eigenvalue weighted by molar-refractivity contribution is 5.92. The number of carbonyl (C=O) groups is 1. The summed E-state index contributed by atoms with van der Waals surface area (Å²) in [5, 5.41) is 14.8. The molecule has 1 amide bonds. The van der Waals surface area contributed by atoms with Crippen molar-refractivity contribution < 1.29 is 10.0 Å². The first-order chi connectivity index (χ1) is 8.57. The molecule has 0 aromatic carbocycles. The SMILES string of the molecule is CC1(C(=O)NC(C(N)=NO)C2CC2)CCCCC1. The van der Waals surface area contributed by atoms with E-state index >= 15 is 0 Å². The molecule has 102 valence electrons. The van der Waals surface area contributed by atoms with Crippen molar-refractivity contribution in [3.05, 3.63) is 0 Å². The van der Waals surface area contributed by atoms with Crippen molar-refractivity contribution in [1.29, 1.82) is 0 Å². The summed E-state index contributed by atoms with van der Waals surface area (Å²) in [5.41, 5.74) is 5.39. The van der Waals surface area contributed by atoms with Crippen molar-refractivity contribution in [2.75, 3.05) is 0 Å². The molecule has 2 aliphatic rings. The van der Waals surface area contributed by atoms with E-state index in [9.17, 15) is 4.79 Å². The molecular weight excluding hydrogens is 230 g/mol. The summed E-state index contributed by atoms with van der Waals surface area (Å²) in [6.45, 7) is 2.03. The lowest BCUT2D eigenvalue weighted by Crippen LogP contribution is -2.51. The van der Waals surface area contributed by atoms with Gasteiger partial charge in [-0.1, -0.05) is 31.3 Å². The molecule has 0 heterocycles. The summed E-state index contributed by atoms with van der Waals surface area (Å²) in [6.07, 6.45) is 7.40. The Morgan fingerprint density at radius 1 is 1.39 bits per heavy atom. The summed E-state index contributed by atoms with van der Waals surface area (Å²) < 4.78 is 0. The van der Waals surface area contributed by atoms with Gasteiger partial charge < -0.3 is 16.3 Å². The smallest absolute Gasteiger partial charge is 0.226 e. The van der Waals surface area contributed by atoms with Crippen LogP contribution in [0.15, 0.2) is 5.16 Å². The van der Waals surface area contributed by atoms with Crippen LogP contribution >= 0.6 is 0 Å². The van der Waals surface area contributed by atoms with Crippen LogP contribution in [0.1, 0.15) is 51.9 Å². The number of hydrogen-bond acceptors (Lipinski definition) is 3. The monoisotopic (exact) mass is 253 g/mol. The molecule has 0 spiro atoms. The van der Waals surface area contributed by atoms with Crippen LogP contribution in [-0.2, 0) is 4.79 Å². The third kappa shape index (κ3) is 2.76. The third-order valence-electron chi connectivity index (χ3n) is 4.32. The van der Waals surface area contributed by atoms with Crippen LogP contribution in [-0.4, -0.2) is 23.0 Å². The van der Waals surface area contributed by atoms with E-state index in [0.717, 1.165) is 38.5 Å². The molecule has 0 bridgehead atoms. The molecule has 4 N–H and O–H groups in total. The van der Waals surface area contributed by atoms with Gasteiger partial charge in [0.05, 0.1) is 6.04 Å². The Balaban J connectivity index is 2.00. The molecule has 2 aliphatic carbocycles. The number of amidine groups is 1. The maximum atomic E-state index is 12.4. The standard InChI is InChI=1S/C13H23N3O2/c1-13(7-3-2-4-8-13)12(17)15-10(9-5-6-9)11(14)16-18/h9-10,18H,2-8H2,1H3,(H2,14,16)(H,15,17). The number of oxime groups is 1. The Morgan fingerprint density at radius 3 is 2.50 bits per heavy atom. The second-order valence-corrected chi connectivity index (χ2v) is 5.93. The first-order valence-electron chi connectivity index (χ1n) is 6.85. The summed E-state index contributed by atoms with van der Waals surface area (Å²) in [7, 11) is 0. The van der Waals surface area contributed by atoms with Crippen LogP contribution in [0, 0.1) is 11.3 Å². The van der Waals surface area contributed by atoms with Gasteiger partial charge in [-0.2, -0.15) is 0 Å². The molecule has 0 saturated heterocycles. The van der Waals surface area contributed by atoms with Gasteiger partial charge >= 0.3 is 0 Å². The maximum Gasteiger partial charge on any atom is 0.226 e. The number of nitrogens with zero attached hydrogens (tertiary/aromatic N) is 1. The van der Waals surface area contributed by atoms with Gasteiger partial charge in [-0.25, -0.2) is 0 Å². The maximum absolute atomic E-state index is 12.4. The highest BCUT2D eigenvalue weighted by atomic mass is 16.4. The molecule has 2 rings (SSSR count). The van der Waals surface area contributed by atoms with E-state index in [2.05, 4.69) is 10.5 Å². The van der Waals surface area contributed by atoms with Gasteiger partial charge in [0, 0.05) is 5.41 Å². The van der Waals surface area contributed by atoms with Crippen molar-refractivity contribution in [2.24, 2.45) is 22.2 Å². The molecule has 18 heavy (non-hydrogen) atoms. The van der Waals surface area contributed by atoms with Crippen molar-refractivity contribution in [3.8, 4) is 0 Å². The first kappa shape index (κ1) is 13.2. The van der Waals surface area contributed by atoms with Gasteiger partial charge in [0.1, 0.15) is 0 Å². The Morgan fingerprint density at radius 2 is 2.00 bits per heavy atom. The van der Waals surface area contributed by atoms with E-state index in [1.807, 2.05) is 6.92 Å². The normalized spacial score (nSPS) is 25.5. The van der Waals surface area contributed by atoms with E-state index in [4.69, 9.17) is 10.9 Å². The number of nitrogens with one attached hydrogen (secondary N) is 1. The van der Waals surface area contributed by atoms with Crippen molar-refractivity contribution in [2.45, 2.75) is 57.9 Å². The summed E-state index contributed by atoms with van der Waals surface area (Å²) >= 11 is 0. The lowest BCUT2D eigenvalue weighted by Gasteiger charge is -2.33. The molecule has 2 fully saturated rings. The molecule has 5 nitrogen and oxygen atoms in total.